The summed E-state index contributed by atoms with van der Waals surface area (Å²) in [6.45, 7) is 5.93. The van der Waals surface area contributed by atoms with Crippen LogP contribution in [-0.4, -0.2) is 60.5 Å². The van der Waals surface area contributed by atoms with Crippen molar-refractivity contribution in [1.29, 1.82) is 0 Å². The van der Waals surface area contributed by atoms with Crippen molar-refractivity contribution in [2.45, 2.75) is 32.3 Å². The molecule has 2 fully saturated rings. The van der Waals surface area contributed by atoms with Crippen LogP contribution in [0.25, 0.3) is 11.0 Å². The summed E-state index contributed by atoms with van der Waals surface area (Å²) in [5.41, 5.74) is 3.63. The third-order valence-corrected chi connectivity index (χ3v) is 5.56. The lowest BCUT2D eigenvalue weighted by Crippen LogP contribution is -2.54. The van der Waals surface area contributed by atoms with Crippen molar-refractivity contribution >= 4 is 22.8 Å². The molecule has 2 aliphatic rings. The Balaban J connectivity index is 1.49. The normalized spacial score (nSPS) is 23.4. The van der Waals surface area contributed by atoms with E-state index in [0.29, 0.717) is 26.1 Å². The Morgan fingerprint density at radius 3 is 2.85 bits per heavy atom. The third kappa shape index (κ3) is 2.88. The van der Waals surface area contributed by atoms with E-state index in [1.807, 2.05) is 24.8 Å². The molecule has 2 aromatic rings. The van der Waals surface area contributed by atoms with Gasteiger partial charge in [-0.15, -0.1) is 0 Å². The summed E-state index contributed by atoms with van der Waals surface area (Å²) >= 11 is 0. The van der Waals surface area contributed by atoms with Crippen LogP contribution in [0.5, 0.6) is 0 Å². The van der Waals surface area contributed by atoms with Crippen molar-refractivity contribution in [3.05, 3.63) is 35.1 Å². The SMILES string of the molecule is Cc1cc(C)c2c(CC(=O)N3CCC4(CN(C)C(=O)CO4)C3)coc2c1. The predicted octanol–water partition coefficient (Wildman–Crippen LogP) is 2.05. The van der Waals surface area contributed by atoms with E-state index in [-0.39, 0.29) is 18.4 Å². The molecule has 6 heteroatoms. The Bertz CT molecular complexity index is 887. The van der Waals surface area contributed by atoms with Crippen LogP contribution in [0.3, 0.4) is 0 Å². The second-order valence-corrected chi connectivity index (χ2v) is 7.68. The summed E-state index contributed by atoms with van der Waals surface area (Å²) in [5.74, 6) is 0.0729. The van der Waals surface area contributed by atoms with Crippen molar-refractivity contribution < 1.29 is 18.7 Å². The number of benzene rings is 1. The molecule has 138 valence electrons. The van der Waals surface area contributed by atoms with E-state index in [1.54, 1.807) is 18.2 Å². The molecule has 2 aliphatic heterocycles. The van der Waals surface area contributed by atoms with Crippen molar-refractivity contribution in [3.8, 4) is 0 Å². The Hall–Kier alpha value is -2.34. The summed E-state index contributed by atoms with van der Waals surface area (Å²) in [7, 11) is 1.79. The molecule has 0 saturated carbocycles. The van der Waals surface area contributed by atoms with Gasteiger partial charge in [-0.2, -0.15) is 0 Å². The first kappa shape index (κ1) is 17.1. The van der Waals surface area contributed by atoms with Gasteiger partial charge in [-0.3, -0.25) is 9.59 Å². The van der Waals surface area contributed by atoms with Crippen molar-refractivity contribution in [3.63, 3.8) is 0 Å². The Kier molecular flexibility index (Phi) is 4.03. The van der Waals surface area contributed by atoms with Gasteiger partial charge in [0, 0.05) is 24.5 Å². The minimum atomic E-state index is -0.413. The zero-order valence-corrected chi connectivity index (χ0v) is 15.5. The van der Waals surface area contributed by atoms with Gasteiger partial charge in [0.05, 0.1) is 25.8 Å². The first-order chi connectivity index (χ1) is 12.4. The number of likely N-dealkylation sites (tertiary alicyclic amines) is 1. The van der Waals surface area contributed by atoms with E-state index in [2.05, 4.69) is 6.07 Å². The molecule has 1 atom stereocenters. The highest BCUT2D eigenvalue weighted by Crippen LogP contribution is 2.31. The van der Waals surface area contributed by atoms with Gasteiger partial charge >= 0.3 is 0 Å². The molecule has 1 aromatic heterocycles. The van der Waals surface area contributed by atoms with Crippen LogP contribution in [0, 0.1) is 13.8 Å². The van der Waals surface area contributed by atoms with Crippen LogP contribution in [0.2, 0.25) is 0 Å². The maximum absolute atomic E-state index is 12.9. The highest BCUT2D eigenvalue weighted by Gasteiger charge is 2.45. The standard InChI is InChI=1S/C20H24N2O4/c1-13-6-14(2)19-15(9-25-16(19)7-13)8-17(23)22-5-4-20(12-22)11-21(3)18(24)10-26-20/h6-7,9H,4-5,8,10-12H2,1-3H3. The minimum Gasteiger partial charge on any atom is -0.464 e. The van der Waals surface area contributed by atoms with Crippen LogP contribution in [-0.2, 0) is 20.7 Å². The molecule has 0 aliphatic carbocycles. The number of likely N-dealkylation sites (N-methyl/N-ethyl adjacent to an activating group) is 1. The number of fused-ring (bicyclic) bond motifs is 1. The zero-order chi connectivity index (χ0) is 18.5. The highest BCUT2D eigenvalue weighted by molar-refractivity contribution is 5.90. The second kappa shape index (κ2) is 6.13. The van der Waals surface area contributed by atoms with Crippen molar-refractivity contribution in [1.82, 2.24) is 9.80 Å². The maximum Gasteiger partial charge on any atom is 0.248 e. The summed E-state index contributed by atoms with van der Waals surface area (Å²) in [5, 5.41) is 1.04. The van der Waals surface area contributed by atoms with Crippen LogP contribution in [0.15, 0.2) is 22.8 Å². The van der Waals surface area contributed by atoms with E-state index in [9.17, 15) is 9.59 Å². The Morgan fingerprint density at radius 2 is 2.08 bits per heavy atom. The Morgan fingerprint density at radius 1 is 1.27 bits per heavy atom. The van der Waals surface area contributed by atoms with Gasteiger partial charge in [0.1, 0.15) is 17.8 Å². The number of ether oxygens (including phenoxy) is 1. The highest BCUT2D eigenvalue weighted by atomic mass is 16.5. The number of amides is 2. The summed E-state index contributed by atoms with van der Waals surface area (Å²) in [4.78, 5) is 28.1. The molecular formula is C20H24N2O4. The fourth-order valence-corrected chi connectivity index (χ4v) is 4.23. The van der Waals surface area contributed by atoms with E-state index >= 15 is 0 Å². The monoisotopic (exact) mass is 356 g/mol. The number of hydrogen-bond acceptors (Lipinski definition) is 4. The summed E-state index contributed by atoms with van der Waals surface area (Å²) < 4.78 is 11.5. The number of aryl methyl sites for hydroxylation is 2. The molecule has 26 heavy (non-hydrogen) atoms. The number of nitrogens with zero attached hydrogens (tertiary/aromatic N) is 2. The topological polar surface area (TPSA) is 63.0 Å². The molecule has 1 spiro atoms. The van der Waals surface area contributed by atoms with Crippen molar-refractivity contribution in [2.75, 3.05) is 33.3 Å². The number of furan rings is 1. The third-order valence-electron chi connectivity index (χ3n) is 5.56. The first-order valence-corrected chi connectivity index (χ1v) is 9.00. The minimum absolute atomic E-state index is 0.00367. The van der Waals surface area contributed by atoms with Crippen LogP contribution >= 0.6 is 0 Å². The van der Waals surface area contributed by atoms with Crippen LogP contribution in [0.1, 0.15) is 23.1 Å². The molecule has 1 unspecified atom stereocenters. The average Bonchev–Trinajstić information content (AvgIpc) is 3.16. The van der Waals surface area contributed by atoms with E-state index in [4.69, 9.17) is 9.15 Å². The number of carbonyl (C=O) groups excluding carboxylic acids is 2. The van der Waals surface area contributed by atoms with Crippen molar-refractivity contribution in [2.24, 2.45) is 0 Å². The molecule has 2 amide bonds. The van der Waals surface area contributed by atoms with Crippen LogP contribution in [0.4, 0.5) is 0 Å². The largest absolute Gasteiger partial charge is 0.464 e. The fraction of sp³-hybridized carbons (Fsp3) is 0.500. The molecule has 4 rings (SSSR count). The summed E-state index contributed by atoms with van der Waals surface area (Å²) in [6, 6.07) is 4.11. The van der Waals surface area contributed by atoms with Gasteiger partial charge in [0.2, 0.25) is 11.8 Å². The van der Waals surface area contributed by atoms with E-state index in [0.717, 1.165) is 34.1 Å². The zero-order valence-electron chi connectivity index (χ0n) is 15.5. The van der Waals surface area contributed by atoms with Gasteiger partial charge in [-0.05, 0) is 37.5 Å². The molecule has 0 bridgehead atoms. The average molecular weight is 356 g/mol. The molecule has 0 N–H and O–H groups in total. The maximum atomic E-state index is 12.9. The van der Waals surface area contributed by atoms with Gasteiger partial charge in [0.25, 0.3) is 0 Å². The lowest BCUT2D eigenvalue weighted by atomic mass is 10.0. The number of carbonyl (C=O) groups is 2. The van der Waals surface area contributed by atoms with Gasteiger partial charge in [-0.25, -0.2) is 0 Å². The summed E-state index contributed by atoms with van der Waals surface area (Å²) in [6.07, 6.45) is 2.78. The molecule has 1 aromatic carbocycles. The van der Waals surface area contributed by atoms with E-state index in [1.165, 1.54) is 0 Å². The van der Waals surface area contributed by atoms with Crippen LogP contribution < -0.4 is 0 Å². The lowest BCUT2D eigenvalue weighted by molar-refractivity contribution is -0.159. The molecular weight excluding hydrogens is 332 g/mol. The quantitative estimate of drug-likeness (QED) is 0.826. The number of hydrogen-bond donors (Lipinski definition) is 0. The Labute approximate surface area is 152 Å². The predicted molar refractivity (Wildman–Crippen MR) is 96.9 cm³/mol. The molecule has 0 radical (unpaired) electrons. The number of rotatable bonds is 2. The smallest absolute Gasteiger partial charge is 0.248 e. The lowest BCUT2D eigenvalue weighted by Gasteiger charge is -2.38. The number of morpholine rings is 1. The van der Waals surface area contributed by atoms with Gasteiger partial charge < -0.3 is 19.0 Å². The molecule has 2 saturated heterocycles. The first-order valence-electron chi connectivity index (χ1n) is 9.00. The molecule has 3 heterocycles. The van der Waals surface area contributed by atoms with Gasteiger partial charge in [0.15, 0.2) is 0 Å². The molecule has 6 nitrogen and oxygen atoms in total. The van der Waals surface area contributed by atoms with E-state index < -0.39 is 5.60 Å². The fourth-order valence-electron chi connectivity index (χ4n) is 4.23. The second-order valence-electron chi connectivity index (χ2n) is 7.68. The van der Waals surface area contributed by atoms with Gasteiger partial charge in [-0.1, -0.05) is 6.07 Å².